The van der Waals surface area contributed by atoms with Crippen molar-refractivity contribution >= 4 is 23.5 Å². The normalized spacial score (nSPS) is 29.0. The number of amides is 1. The summed E-state index contributed by atoms with van der Waals surface area (Å²) in [5.74, 6) is -1.21. The second-order valence-corrected chi connectivity index (χ2v) is 3.48. The minimum Gasteiger partial charge on any atom is -0.480 e. The van der Waals surface area contributed by atoms with Crippen molar-refractivity contribution in [2.24, 2.45) is 0 Å². The first-order chi connectivity index (χ1) is 5.52. The fourth-order valence-corrected chi connectivity index (χ4v) is 1.68. The maximum absolute atomic E-state index is 10.9. The second-order valence-electron chi connectivity index (χ2n) is 2.86. The first kappa shape index (κ1) is 9.32. The molecule has 1 rings (SSSR count). The van der Waals surface area contributed by atoms with Crippen molar-refractivity contribution in [3.63, 3.8) is 0 Å². The van der Waals surface area contributed by atoms with E-state index in [1.54, 1.807) is 0 Å². The molecule has 0 spiro atoms. The van der Waals surface area contributed by atoms with Crippen LogP contribution in [0.2, 0.25) is 0 Å². The third-order valence-electron chi connectivity index (χ3n) is 1.94. The van der Waals surface area contributed by atoms with Crippen LogP contribution in [0.5, 0.6) is 0 Å². The summed E-state index contributed by atoms with van der Waals surface area (Å²) in [7, 11) is 0. The maximum atomic E-state index is 10.9. The van der Waals surface area contributed by atoms with Crippen molar-refractivity contribution in [2.75, 3.05) is 6.54 Å². The first-order valence-corrected chi connectivity index (χ1v) is 4.10. The van der Waals surface area contributed by atoms with Crippen LogP contribution in [-0.4, -0.2) is 39.8 Å². The van der Waals surface area contributed by atoms with Crippen LogP contribution >= 0.6 is 11.6 Å². The predicted octanol–water partition coefficient (Wildman–Crippen LogP) is 0.299. The van der Waals surface area contributed by atoms with Crippen LogP contribution in [-0.2, 0) is 9.59 Å². The Morgan fingerprint density at radius 1 is 1.58 bits per heavy atom. The lowest BCUT2D eigenvalue weighted by molar-refractivity contribution is -0.147. The topological polar surface area (TPSA) is 57.6 Å². The highest BCUT2D eigenvalue weighted by molar-refractivity contribution is 6.21. The van der Waals surface area contributed by atoms with Gasteiger partial charge in [-0.1, -0.05) is 0 Å². The Labute approximate surface area is 75.1 Å². The van der Waals surface area contributed by atoms with E-state index < -0.39 is 12.0 Å². The summed E-state index contributed by atoms with van der Waals surface area (Å²) in [6.45, 7) is 1.69. The predicted molar refractivity (Wildman–Crippen MR) is 43.1 cm³/mol. The van der Waals surface area contributed by atoms with Crippen molar-refractivity contribution in [3.8, 4) is 0 Å². The highest BCUT2D eigenvalue weighted by Crippen LogP contribution is 2.22. The van der Waals surface area contributed by atoms with E-state index >= 15 is 0 Å². The number of alkyl halides is 1. The Kier molecular flexibility index (Phi) is 2.57. The summed E-state index contributed by atoms with van der Waals surface area (Å²) in [4.78, 5) is 22.8. The Bertz CT molecular complexity index is 197. The van der Waals surface area contributed by atoms with Crippen LogP contribution < -0.4 is 0 Å². The van der Waals surface area contributed by atoms with E-state index in [-0.39, 0.29) is 11.3 Å². The number of rotatable bonds is 1. The number of aliphatic carboxylic acids is 1. The number of carboxylic acids is 1. The Hall–Kier alpha value is -0.770. The summed E-state index contributed by atoms with van der Waals surface area (Å²) in [5.41, 5.74) is 0. The van der Waals surface area contributed by atoms with Gasteiger partial charge in [0, 0.05) is 13.5 Å². The molecule has 0 bridgehead atoms. The van der Waals surface area contributed by atoms with Gasteiger partial charge in [0.25, 0.3) is 0 Å². The SMILES string of the molecule is CC(=O)N1C[C@H](Cl)C[C@H]1C(=O)O. The molecule has 4 nitrogen and oxygen atoms in total. The standard InChI is InChI=1S/C7H10ClNO3/c1-4(10)9-3-5(8)2-6(9)7(11)12/h5-6H,2-3H2,1H3,(H,11,12)/t5-,6+/m1/s1. The Morgan fingerprint density at radius 3 is 2.50 bits per heavy atom. The van der Waals surface area contributed by atoms with E-state index in [4.69, 9.17) is 16.7 Å². The zero-order valence-corrected chi connectivity index (χ0v) is 7.41. The molecule has 12 heavy (non-hydrogen) atoms. The lowest BCUT2D eigenvalue weighted by Gasteiger charge is -2.18. The van der Waals surface area contributed by atoms with Gasteiger partial charge in [-0.2, -0.15) is 0 Å². The first-order valence-electron chi connectivity index (χ1n) is 3.66. The molecule has 68 valence electrons. The highest BCUT2D eigenvalue weighted by atomic mass is 35.5. The van der Waals surface area contributed by atoms with Gasteiger partial charge in [-0.15, -0.1) is 11.6 Å². The third kappa shape index (κ3) is 1.69. The Balaban J connectivity index is 2.72. The number of hydrogen-bond acceptors (Lipinski definition) is 2. The molecular formula is C7H10ClNO3. The van der Waals surface area contributed by atoms with Gasteiger partial charge in [-0.25, -0.2) is 4.79 Å². The van der Waals surface area contributed by atoms with E-state index in [9.17, 15) is 9.59 Å². The molecule has 0 unspecified atom stereocenters. The van der Waals surface area contributed by atoms with Crippen molar-refractivity contribution in [1.82, 2.24) is 4.90 Å². The minimum atomic E-state index is -0.978. The number of halogens is 1. The molecule has 1 heterocycles. The van der Waals surface area contributed by atoms with Gasteiger partial charge in [0.2, 0.25) is 5.91 Å². The molecule has 2 atom stereocenters. The van der Waals surface area contributed by atoms with E-state index in [1.165, 1.54) is 11.8 Å². The van der Waals surface area contributed by atoms with Crippen molar-refractivity contribution in [2.45, 2.75) is 24.8 Å². The molecule has 5 heteroatoms. The molecular weight excluding hydrogens is 182 g/mol. The summed E-state index contributed by atoms with van der Waals surface area (Å²) < 4.78 is 0. The average molecular weight is 192 g/mol. The highest BCUT2D eigenvalue weighted by Gasteiger charge is 2.37. The van der Waals surface area contributed by atoms with Crippen LogP contribution in [0.15, 0.2) is 0 Å². The summed E-state index contributed by atoms with van der Waals surface area (Å²) in [6, 6.07) is -0.731. The molecule has 0 aromatic heterocycles. The monoisotopic (exact) mass is 191 g/mol. The number of carbonyl (C=O) groups is 2. The molecule has 1 aliphatic heterocycles. The fraction of sp³-hybridized carbons (Fsp3) is 0.714. The van der Waals surface area contributed by atoms with Crippen molar-refractivity contribution in [1.29, 1.82) is 0 Å². The molecule has 0 aliphatic carbocycles. The molecule has 1 amide bonds. The Morgan fingerprint density at radius 2 is 2.17 bits per heavy atom. The molecule has 0 radical (unpaired) electrons. The molecule has 0 aromatic rings. The summed E-state index contributed by atoms with van der Waals surface area (Å²) in [5, 5.41) is 8.47. The van der Waals surface area contributed by atoms with E-state index in [2.05, 4.69) is 0 Å². The van der Waals surface area contributed by atoms with Crippen molar-refractivity contribution < 1.29 is 14.7 Å². The van der Waals surface area contributed by atoms with Crippen LogP contribution in [0.1, 0.15) is 13.3 Å². The lowest BCUT2D eigenvalue weighted by atomic mass is 10.2. The molecule has 1 fully saturated rings. The number of likely N-dealkylation sites (tertiary alicyclic amines) is 1. The van der Waals surface area contributed by atoms with E-state index in [0.29, 0.717) is 13.0 Å². The van der Waals surface area contributed by atoms with E-state index in [1.807, 2.05) is 0 Å². The van der Waals surface area contributed by atoms with Crippen LogP contribution in [0.3, 0.4) is 0 Å². The maximum Gasteiger partial charge on any atom is 0.326 e. The lowest BCUT2D eigenvalue weighted by Crippen LogP contribution is -2.39. The van der Waals surface area contributed by atoms with Gasteiger partial charge in [0.15, 0.2) is 0 Å². The number of hydrogen-bond donors (Lipinski definition) is 1. The van der Waals surface area contributed by atoms with Gasteiger partial charge in [0.05, 0.1) is 5.38 Å². The van der Waals surface area contributed by atoms with Crippen molar-refractivity contribution in [3.05, 3.63) is 0 Å². The van der Waals surface area contributed by atoms with Crippen LogP contribution in [0.25, 0.3) is 0 Å². The van der Waals surface area contributed by atoms with Gasteiger partial charge in [0.1, 0.15) is 6.04 Å². The summed E-state index contributed by atoms with van der Waals surface area (Å²) in [6.07, 6.45) is 0.344. The van der Waals surface area contributed by atoms with Gasteiger partial charge < -0.3 is 10.0 Å². The van der Waals surface area contributed by atoms with Gasteiger partial charge in [-0.3, -0.25) is 4.79 Å². The average Bonchev–Trinajstić information content (AvgIpc) is 2.31. The third-order valence-corrected chi connectivity index (χ3v) is 2.26. The molecule has 0 saturated carbocycles. The summed E-state index contributed by atoms with van der Waals surface area (Å²) >= 11 is 5.73. The molecule has 1 saturated heterocycles. The van der Waals surface area contributed by atoms with Crippen LogP contribution in [0, 0.1) is 0 Å². The minimum absolute atomic E-state index is 0.227. The smallest absolute Gasteiger partial charge is 0.326 e. The van der Waals surface area contributed by atoms with Gasteiger partial charge >= 0.3 is 5.97 Å². The zero-order valence-electron chi connectivity index (χ0n) is 6.66. The quantitative estimate of drug-likeness (QED) is 0.607. The second kappa shape index (κ2) is 3.31. The van der Waals surface area contributed by atoms with E-state index in [0.717, 1.165) is 0 Å². The number of nitrogens with zero attached hydrogens (tertiary/aromatic N) is 1. The zero-order chi connectivity index (χ0) is 9.30. The largest absolute Gasteiger partial charge is 0.480 e. The van der Waals surface area contributed by atoms with Gasteiger partial charge in [-0.05, 0) is 6.42 Å². The molecule has 0 aromatic carbocycles. The fourth-order valence-electron chi connectivity index (χ4n) is 1.37. The number of carbonyl (C=O) groups excluding carboxylic acids is 1. The molecule has 1 aliphatic rings. The molecule has 1 N–H and O–H groups in total. The van der Waals surface area contributed by atoms with Crippen LogP contribution in [0.4, 0.5) is 0 Å². The number of carboxylic acid groups (broad SMARTS) is 1.